The van der Waals surface area contributed by atoms with Crippen molar-refractivity contribution >= 4 is 17.4 Å². The van der Waals surface area contributed by atoms with Gasteiger partial charge in [0.1, 0.15) is 5.76 Å². The number of hydrogen-bond donors (Lipinski definition) is 3. The molecule has 1 amide bonds. The number of allylic oxidation sites excluding steroid dienone is 1. The standard InChI is InChI=1S/C24H26N2O4/c1-17(25)22(21(28)16-20(27)18-8-4-2-5-9-18)23(29)26-14-12-24(30,13-15-26)19-10-6-3-7-11-19/h2-11,25,28,30H,12-16H2,1H3/b22-21+,25-17?. The Morgan fingerprint density at radius 2 is 1.53 bits per heavy atom. The third kappa shape index (κ3) is 4.66. The molecule has 0 aromatic heterocycles. The molecule has 6 heteroatoms. The molecule has 3 rings (SSSR count). The van der Waals surface area contributed by atoms with Crippen LogP contribution in [0.1, 0.15) is 42.1 Å². The van der Waals surface area contributed by atoms with Gasteiger partial charge in [0.05, 0.1) is 17.6 Å². The largest absolute Gasteiger partial charge is 0.511 e. The van der Waals surface area contributed by atoms with Crippen LogP contribution in [0.4, 0.5) is 0 Å². The van der Waals surface area contributed by atoms with E-state index in [1.807, 2.05) is 30.3 Å². The Bertz CT molecular complexity index is 959. The van der Waals surface area contributed by atoms with Crippen molar-refractivity contribution in [1.82, 2.24) is 4.90 Å². The minimum absolute atomic E-state index is 0.0951. The molecule has 1 heterocycles. The highest BCUT2D eigenvalue weighted by molar-refractivity contribution is 6.20. The highest BCUT2D eigenvalue weighted by Gasteiger charge is 2.36. The van der Waals surface area contributed by atoms with E-state index in [0.29, 0.717) is 31.5 Å². The third-order valence-corrected chi connectivity index (χ3v) is 5.49. The molecule has 0 unspecified atom stereocenters. The number of nitrogens with zero attached hydrogens (tertiary/aromatic N) is 1. The summed E-state index contributed by atoms with van der Waals surface area (Å²) in [6.07, 6.45) is 0.372. The van der Waals surface area contributed by atoms with Crippen LogP contribution < -0.4 is 0 Å². The van der Waals surface area contributed by atoms with Gasteiger partial charge in [-0.2, -0.15) is 0 Å². The Hall–Kier alpha value is -3.25. The summed E-state index contributed by atoms with van der Waals surface area (Å²) in [5.41, 5.74) is -0.00377. The SMILES string of the molecule is CC(=N)/C(C(=O)N1CCC(O)(c2ccccc2)CC1)=C(\O)CC(=O)c1ccccc1. The number of nitrogens with one attached hydrogen (secondary N) is 1. The van der Waals surface area contributed by atoms with Gasteiger partial charge < -0.3 is 20.5 Å². The van der Waals surface area contributed by atoms with Gasteiger partial charge in [0.2, 0.25) is 0 Å². The molecule has 3 N–H and O–H groups in total. The zero-order valence-corrected chi connectivity index (χ0v) is 17.0. The minimum atomic E-state index is -1.01. The molecular weight excluding hydrogens is 380 g/mol. The van der Waals surface area contributed by atoms with E-state index >= 15 is 0 Å². The van der Waals surface area contributed by atoms with E-state index in [-0.39, 0.29) is 23.5 Å². The number of carbonyl (C=O) groups is 2. The fraction of sp³-hybridized carbons (Fsp3) is 0.292. The van der Waals surface area contributed by atoms with E-state index in [1.54, 1.807) is 30.3 Å². The molecule has 0 spiro atoms. The number of rotatable bonds is 6. The lowest BCUT2D eigenvalue weighted by Crippen LogP contribution is -2.46. The van der Waals surface area contributed by atoms with Gasteiger partial charge in [0.15, 0.2) is 5.78 Å². The molecule has 6 nitrogen and oxygen atoms in total. The van der Waals surface area contributed by atoms with Crippen LogP contribution >= 0.6 is 0 Å². The van der Waals surface area contributed by atoms with Crippen LogP contribution in [0.5, 0.6) is 0 Å². The Balaban J connectivity index is 1.74. The highest BCUT2D eigenvalue weighted by atomic mass is 16.3. The summed E-state index contributed by atoms with van der Waals surface area (Å²) in [7, 11) is 0. The number of piperidine rings is 1. The maximum atomic E-state index is 13.0. The smallest absolute Gasteiger partial charge is 0.259 e. The molecule has 0 radical (unpaired) electrons. The summed E-state index contributed by atoms with van der Waals surface area (Å²) in [6, 6.07) is 17.9. The van der Waals surface area contributed by atoms with E-state index in [0.717, 1.165) is 5.56 Å². The van der Waals surface area contributed by atoms with Gasteiger partial charge in [-0.15, -0.1) is 0 Å². The fourth-order valence-corrected chi connectivity index (χ4v) is 3.74. The topological polar surface area (TPSA) is 102 Å². The quantitative estimate of drug-likeness (QED) is 0.295. The molecule has 156 valence electrons. The molecule has 1 fully saturated rings. The average molecular weight is 406 g/mol. The molecule has 0 atom stereocenters. The summed E-state index contributed by atoms with van der Waals surface area (Å²) in [4.78, 5) is 26.9. The summed E-state index contributed by atoms with van der Waals surface area (Å²) < 4.78 is 0. The van der Waals surface area contributed by atoms with Crippen molar-refractivity contribution < 1.29 is 19.8 Å². The summed E-state index contributed by atoms with van der Waals surface area (Å²) in [5, 5.41) is 29.4. The number of amides is 1. The summed E-state index contributed by atoms with van der Waals surface area (Å²) >= 11 is 0. The monoisotopic (exact) mass is 406 g/mol. The normalized spacial score (nSPS) is 16.5. The van der Waals surface area contributed by atoms with Gasteiger partial charge >= 0.3 is 0 Å². The van der Waals surface area contributed by atoms with E-state index in [2.05, 4.69) is 0 Å². The second-order valence-corrected chi connectivity index (χ2v) is 7.60. The number of carbonyl (C=O) groups excluding carboxylic acids is 2. The zero-order valence-electron chi connectivity index (χ0n) is 17.0. The number of aliphatic hydroxyl groups is 2. The van der Waals surface area contributed by atoms with Gasteiger partial charge in [-0.3, -0.25) is 9.59 Å². The lowest BCUT2D eigenvalue weighted by molar-refractivity contribution is -0.131. The van der Waals surface area contributed by atoms with Crippen LogP contribution in [0.2, 0.25) is 0 Å². The summed E-state index contributed by atoms with van der Waals surface area (Å²) in [6.45, 7) is 2.00. The van der Waals surface area contributed by atoms with E-state index in [4.69, 9.17) is 5.41 Å². The number of Topliss-reactive ketones (excluding diaryl/α,β-unsaturated/α-hetero) is 1. The van der Waals surface area contributed by atoms with Crippen LogP contribution in [0.25, 0.3) is 0 Å². The van der Waals surface area contributed by atoms with Crippen LogP contribution in [0, 0.1) is 5.41 Å². The molecule has 1 aliphatic rings. The highest BCUT2D eigenvalue weighted by Crippen LogP contribution is 2.33. The first kappa shape index (κ1) is 21.5. The van der Waals surface area contributed by atoms with Crippen molar-refractivity contribution in [3.63, 3.8) is 0 Å². The molecule has 2 aromatic carbocycles. The number of likely N-dealkylation sites (tertiary alicyclic amines) is 1. The Morgan fingerprint density at radius 3 is 2.07 bits per heavy atom. The Labute approximate surface area is 176 Å². The van der Waals surface area contributed by atoms with Crippen LogP contribution in [0.15, 0.2) is 72.0 Å². The van der Waals surface area contributed by atoms with Crippen molar-refractivity contribution in [3.8, 4) is 0 Å². The van der Waals surface area contributed by atoms with Crippen molar-refractivity contribution in [2.45, 2.75) is 31.8 Å². The molecule has 1 aliphatic heterocycles. The first-order chi connectivity index (χ1) is 14.3. The van der Waals surface area contributed by atoms with Crippen molar-refractivity contribution in [2.75, 3.05) is 13.1 Å². The van der Waals surface area contributed by atoms with E-state index in [9.17, 15) is 19.8 Å². The Kier molecular flexibility index (Phi) is 6.47. The third-order valence-electron chi connectivity index (χ3n) is 5.49. The van der Waals surface area contributed by atoms with E-state index < -0.39 is 17.3 Å². The molecule has 0 bridgehead atoms. The van der Waals surface area contributed by atoms with Gasteiger partial charge in [0.25, 0.3) is 5.91 Å². The molecular formula is C24H26N2O4. The van der Waals surface area contributed by atoms with Gasteiger partial charge in [0, 0.05) is 24.4 Å². The fourth-order valence-electron chi connectivity index (χ4n) is 3.74. The number of ketones is 1. The average Bonchev–Trinajstić information content (AvgIpc) is 2.75. The van der Waals surface area contributed by atoms with Crippen molar-refractivity contribution in [3.05, 3.63) is 83.1 Å². The number of aliphatic hydroxyl groups excluding tert-OH is 1. The minimum Gasteiger partial charge on any atom is -0.511 e. The van der Waals surface area contributed by atoms with Gasteiger partial charge in [-0.1, -0.05) is 60.7 Å². The zero-order chi connectivity index (χ0) is 21.7. The first-order valence-corrected chi connectivity index (χ1v) is 9.95. The lowest BCUT2D eigenvalue weighted by atomic mass is 9.84. The maximum absolute atomic E-state index is 13.0. The second-order valence-electron chi connectivity index (χ2n) is 7.60. The molecule has 0 saturated carbocycles. The number of benzene rings is 2. The maximum Gasteiger partial charge on any atom is 0.259 e. The first-order valence-electron chi connectivity index (χ1n) is 9.95. The predicted octanol–water partition coefficient (Wildman–Crippen LogP) is 3.62. The van der Waals surface area contributed by atoms with Crippen molar-refractivity contribution in [1.29, 1.82) is 5.41 Å². The van der Waals surface area contributed by atoms with Crippen molar-refractivity contribution in [2.24, 2.45) is 0 Å². The lowest BCUT2D eigenvalue weighted by Gasteiger charge is -2.38. The predicted molar refractivity (Wildman–Crippen MR) is 115 cm³/mol. The molecule has 30 heavy (non-hydrogen) atoms. The van der Waals surface area contributed by atoms with Crippen LogP contribution in [0.3, 0.4) is 0 Å². The van der Waals surface area contributed by atoms with E-state index in [1.165, 1.54) is 11.8 Å². The summed E-state index contributed by atoms with van der Waals surface area (Å²) in [5.74, 6) is -1.21. The molecule has 0 aliphatic carbocycles. The second kappa shape index (κ2) is 9.05. The van der Waals surface area contributed by atoms with Gasteiger partial charge in [-0.05, 0) is 25.3 Å². The molecule has 1 saturated heterocycles. The number of hydrogen-bond acceptors (Lipinski definition) is 5. The molecule has 2 aromatic rings. The van der Waals surface area contributed by atoms with Gasteiger partial charge in [-0.25, -0.2) is 0 Å². The van der Waals surface area contributed by atoms with Crippen LogP contribution in [-0.2, 0) is 10.4 Å². The Morgan fingerprint density at radius 1 is 1.00 bits per heavy atom. The van der Waals surface area contributed by atoms with Crippen LogP contribution in [-0.4, -0.2) is 45.6 Å².